The Balaban J connectivity index is 1.64. The summed E-state index contributed by atoms with van der Waals surface area (Å²) in [6.45, 7) is -0.273. The number of primary amides is 1. The van der Waals surface area contributed by atoms with Crippen LogP contribution in [0.4, 0.5) is 13.2 Å². The molecule has 0 radical (unpaired) electrons. The van der Waals surface area contributed by atoms with Gasteiger partial charge in [0.05, 0.1) is 28.0 Å². The lowest BCUT2D eigenvalue weighted by Crippen LogP contribution is -2.33. The quantitative estimate of drug-likeness (QED) is 0.442. The maximum absolute atomic E-state index is 13.0. The molecule has 4 aromatic rings. The van der Waals surface area contributed by atoms with Gasteiger partial charge in [0.25, 0.3) is 5.91 Å². The predicted octanol–water partition coefficient (Wildman–Crippen LogP) is 4.18. The normalized spacial score (nSPS) is 11.5. The second-order valence-corrected chi connectivity index (χ2v) is 8.39. The highest BCUT2D eigenvalue weighted by atomic mass is 32.1. The van der Waals surface area contributed by atoms with Gasteiger partial charge in [0.15, 0.2) is 0 Å². The fourth-order valence-electron chi connectivity index (χ4n) is 3.33. The molecule has 0 aliphatic rings. The number of nitrogens with one attached hydrogen (secondary N) is 1. The molecule has 4 rings (SSSR count). The van der Waals surface area contributed by atoms with Gasteiger partial charge >= 0.3 is 6.18 Å². The molecule has 0 fully saturated rings. The van der Waals surface area contributed by atoms with Gasteiger partial charge in [0.2, 0.25) is 5.91 Å². The van der Waals surface area contributed by atoms with Crippen molar-refractivity contribution >= 4 is 33.4 Å². The van der Waals surface area contributed by atoms with E-state index in [1.165, 1.54) is 23.7 Å². The fourth-order valence-corrected chi connectivity index (χ4v) is 4.49. The van der Waals surface area contributed by atoms with Gasteiger partial charge in [0.1, 0.15) is 6.33 Å². The smallest absolute Gasteiger partial charge is 0.368 e. The van der Waals surface area contributed by atoms with Crippen LogP contribution in [-0.4, -0.2) is 28.3 Å². The lowest BCUT2D eigenvalue weighted by atomic mass is 10.1. The van der Waals surface area contributed by atoms with Crippen LogP contribution in [0.25, 0.3) is 21.5 Å². The number of aromatic nitrogens is 2. The molecule has 0 aliphatic heterocycles. The van der Waals surface area contributed by atoms with Crippen LogP contribution in [0.5, 0.6) is 0 Å². The Labute approximate surface area is 190 Å². The van der Waals surface area contributed by atoms with E-state index in [0.717, 1.165) is 21.7 Å². The first-order chi connectivity index (χ1) is 15.7. The SMILES string of the molecule is NC(=O)CNC(=O)c1cccc(-c2ncnc3cc(Cc4cccc(C(F)(F)F)c4)sc23)c1. The first-order valence-corrected chi connectivity index (χ1v) is 10.6. The number of alkyl halides is 3. The highest BCUT2D eigenvalue weighted by molar-refractivity contribution is 7.19. The van der Waals surface area contributed by atoms with Gasteiger partial charge in [-0.1, -0.05) is 30.3 Å². The van der Waals surface area contributed by atoms with E-state index in [-0.39, 0.29) is 6.54 Å². The molecule has 2 aromatic heterocycles. The third-order valence-electron chi connectivity index (χ3n) is 4.82. The summed E-state index contributed by atoms with van der Waals surface area (Å²) in [7, 11) is 0. The molecule has 6 nitrogen and oxygen atoms in total. The van der Waals surface area contributed by atoms with Gasteiger partial charge in [-0.25, -0.2) is 9.97 Å². The standard InChI is InChI=1S/C23H17F3N4O2S/c24-23(25,26)16-6-1-3-13(7-16)8-17-10-18-21(33-17)20(30-12-29-18)14-4-2-5-15(9-14)22(32)28-11-19(27)31/h1-7,9-10,12H,8,11H2,(H2,27,31)(H,28,32). The number of nitrogens with zero attached hydrogens (tertiary/aromatic N) is 2. The van der Waals surface area contributed by atoms with Gasteiger partial charge in [-0.05, 0) is 29.8 Å². The topological polar surface area (TPSA) is 98.0 Å². The zero-order valence-corrected chi connectivity index (χ0v) is 17.8. The molecule has 2 amide bonds. The number of amides is 2. The van der Waals surface area contributed by atoms with E-state index in [4.69, 9.17) is 5.73 Å². The van der Waals surface area contributed by atoms with Crippen LogP contribution in [0, 0.1) is 0 Å². The van der Waals surface area contributed by atoms with E-state index in [1.807, 2.05) is 6.07 Å². The van der Waals surface area contributed by atoms with Crippen LogP contribution in [-0.2, 0) is 17.4 Å². The summed E-state index contributed by atoms with van der Waals surface area (Å²) in [6.07, 6.45) is -2.68. The Morgan fingerprint density at radius 2 is 1.82 bits per heavy atom. The Morgan fingerprint density at radius 1 is 1.03 bits per heavy atom. The van der Waals surface area contributed by atoms with Crippen molar-refractivity contribution in [2.45, 2.75) is 12.6 Å². The highest BCUT2D eigenvalue weighted by Gasteiger charge is 2.30. The molecule has 2 heterocycles. The number of carbonyl (C=O) groups excluding carboxylic acids is 2. The third-order valence-corrected chi connectivity index (χ3v) is 5.95. The summed E-state index contributed by atoms with van der Waals surface area (Å²) in [6, 6.07) is 13.8. The molecule has 0 saturated heterocycles. The van der Waals surface area contributed by atoms with Crippen LogP contribution in [0.3, 0.4) is 0 Å². The number of hydrogen-bond acceptors (Lipinski definition) is 5. The van der Waals surface area contributed by atoms with Crippen molar-refractivity contribution in [1.29, 1.82) is 0 Å². The lowest BCUT2D eigenvalue weighted by molar-refractivity contribution is -0.137. The van der Waals surface area contributed by atoms with Gasteiger partial charge in [0, 0.05) is 22.4 Å². The maximum Gasteiger partial charge on any atom is 0.416 e. The molecule has 0 unspecified atom stereocenters. The number of benzene rings is 2. The minimum atomic E-state index is -4.40. The summed E-state index contributed by atoms with van der Waals surface area (Å²) < 4.78 is 39.8. The summed E-state index contributed by atoms with van der Waals surface area (Å²) >= 11 is 1.39. The number of fused-ring (bicyclic) bond motifs is 1. The van der Waals surface area contributed by atoms with Crippen molar-refractivity contribution in [2.75, 3.05) is 6.54 Å². The average molecular weight is 470 g/mol. The third kappa shape index (κ3) is 5.17. The molecule has 33 heavy (non-hydrogen) atoms. The van der Waals surface area contributed by atoms with Gasteiger partial charge in [-0.3, -0.25) is 9.59 Å². The number of nitrogens with two attached hydrogens (primary N) is 1. The number of hydrogen-bond donors (Lipinski definition) is 2. The van der Waals surface area contributed by atoms with E-state index in [2.05, 4.69) is 15.3 Å². The van der Waals surface area contributed by atoms with Crippen LogP contribution in [0.1, 0.15) is 26.4 Å². The minimum Gasteiger partial charge on any atom is -0.368 e. The molecule has 10 heteroatoms. The van der Waals surface area contributed by atoms with Crippen molar-refractivity contribution in [2.24, 2.45) is 5.73 Å². The van der Waals surface area contributed by atoms with Crippen molar-refractivity contribution in [1.82, 2.24) is 15.3 Å². The molecule has 168 valence electrons. The molecule has 3 N–H and O–H groups in total. The molecule has 0 saturated carbocycles. The number of thiophene rings is 1. The number of rotatable bonds is 6. The largest absolute Gasteiger partial charge is 0.416 e. The van der Waals surface area contributed by atoms with Gasteiger partial charge in [-0.2, -0.15) is 13.2 Å². The highest BCUT2D eigenvalue weighted by Crippen LogP contribution is 2.34. The van der Waals surface area contributed by atoms with E-state index < -0.39 is 23.6 Å². The summed E-state index contributed by atoms with van der Waals surface area (Å²) in [5.41, 5.74) is 7.18. The first kappa shape index (κ1) is 22.4. The second kappa shape index (κ2) is 8.99. The second-order valence-electron chi connectivity index (χ2n) is 7.25. The molecular weight excluding hydrogens is 453 g/mol. The zero-order chi connectivity index (χ0) is 23.6. The molecule has 0 aliphatic carbocycles. The summed E-state index contributed by atoms with van der Waals surface area (Å²) in [5.74, 6) is -1.10. The summed E-state index contributed by atoms with van der Waals surface area (Å²) in [4.78, 5) is 32.7. The predicted molar refractivity (Wildman–Crippen MR) is 119 cm³/mol. The lowest BCUT2D eigenvalue weighted by Gasteiger charge is -2.08. The average Bonchev–Trinajstić information content (AvgIpc) is 3.19. The minimum absolute atomic E-state index is 0.273. The molecular formula is C23H17F3N4O2S. The fraction of sp³-hybridized carbons (Fsp3) is 0.130. The Bertz CT molecular complexity index is 1350. The van der Waals surface area contributed by atoms with Crippen LogP contribution >= 0.6 is 11.3 Å². The van der Waals surface area contributed by atoms with Gasteiger partial charge in [-0.15, -0.1) is 11.3 Å². The van der Waals surface area contributed by atoms with E-state index in [9.17, 15) is 22.8 Å². The Kier molecular flexibility index (Phi) is 6.10. The van der Waals surface area contributed by atoms with Crippen molar-refractivity contribution in [3.05, 3.63) is 82.5 Å². The maximum atomic E-state index is 13.0. The van der Waals surface area contributed by atoms with Crippen molar-refractivity contribution < 1.29 is 22.8 Å². The number of halogens is 3. The Hall–Kier alpha value is -3.79. The molecule has 0 atom stereocenters. The monoisotopic (exact) mass is 470 g/mol. The van der Waals surface area contributed by atoms with Crippen molar-refractivity contribution in [3.63, 3.8) is 0 Å². The van der Waals surface area contributed by atoms with Crippen LogP contribution in [0.2, 0.25) is 0 Å². The van der Waals surface area contributed by atoms with E-state index >= 15 is 0 Å². The first-order valence-electron chi connectivity index (χ1n) is 9.77. The zero-order valence-electron chi connectivity index (χ0n) is 17.0. The molecule has 2 aromatic carbocycles. The Morgan fingerprint density at radius 3 is 2.58 bits per heavy atom. The van der Waals surface area contributed by atoms with Crippen LogP contribution < -0.4 is 11.1 Å². The number of carbonyl (C=O) groups is 2. The molecule has 0 bridgehead atoms. The van der Waals surface area contributed by atoms with E-state index in [0.29, 0.717) is 34.3 Å². The van der Waals surface area contributed by atoms with Gasteiger partial charge < -0.3 is 11.1 Å². The molecule has 0 spiro atoms. The summed E-state index contributed by atoms with van der Waals surface area (Å²) in [5, 5.41) is 2.44. The van der Waals surface area contributed by atoms with Crippen molar-refractivity contribution in [3.8, 4) is 11.3 Å². The van der Waals surface area contributed by atoms with Crippen LogP contribution in [0.15, 0.2) is 60.9 Å². The van der Waals surface area contributed by atoms with E-state index in [1.54, 1.807) is 30.3 Å².